The van der Waals surface area contributed by atoms with Crippen molar-refractivity contribution in [2.75, 3.05) is 17.3 Å². The van der Waals surface area contributed by atoms with Crippen LogP contribution < -0.4 is 20.9 Å². The van der Waals surface area contributed by atoms with Gasteiger partial charge in [-0.3, -0.25) is 25.8 Å². The Balaban J connectivity index is 1.67. The number of hydrazine groups is 1. The summed E-state index contributed by atoms with van der Waals surface area (Å²) in [6.07, 6.45) is 2.61. The molecule has 2 heterocycles. The minimum absolute atomic E-state index is 0.115. The fourth-order valence-electron chi connectivity index (χ4n) is 2.21. The van der Waals surface area contributed by atoms with Crippen LogP contribution in [-0.4, -0.2) is 32.4 Å². The second-order valence-electron chi connectivity index (χ2n) is 5.70. The molecule has 0 aliphatic heterocycles. The van der Waals surface area contributed by atoms with Gasteiger partial charge in [0, 0.05) is 15.7 Å². The molecule has 0 fully saturated rings. The van der Waals surface area contributed by atoms with Gasteiger partial charge in [-0.25, -0.2) is 15.0 Å². The van der Waals surface area contributed by atoms with Gasteiger partial charge >= 0.3 is 5.69 Å². The van der Waals surface area contributed by atoms with Gasteiger partial charge in [-0.1, -0.05) is 23.2 Å². The van der Waals surface area contributed by atoms with Crippen LogP contribution in [0.4, 0.5) is 23.1 Å². The first-order valence-electron chi connectivity index (χ1n) is 8.34. The van der Waals surface area contributed by atoms with Crippen LogP contribution in [0.15, 0.2) is 47.3 Å². The number of ether oxygens (including phenoxy) is 1. The van der Waals surface area contributed by atoms with Crippen molar-refractivity contribution in [3.63, 3.8) is 0 Å². The molecule has 31 heavy (non-hydrogen) atoms. The van der Waals surface area contributed by atoms with Gasteiger partial charge in [-0.2, -0.15) is 0 Å². The van der Waals surface area contributed by atoms with E-state index in [0.717, 1.165) is 10.8 Å². The lowest BCUT2D eigenvalue weighted by atomic mass is 10.3. The lowest BCUT2D eigenvalue weighted by molar-refractivity contribution is -0.383. The van der Waals surface area contributed by atoms with Crippen molar-refractivity contribution >= 4 is 68.2 Å². The minimum Gasteiger partial charge on any atom is -0.482 e. The number of carbonyl (C=O) groups excluding carboxylic acids is 1. The highest BCUT2D eigenvalue weighted by Gasteiger charge is 2.24. The minimum atomic E-state index is -0.695. The summed E-state index contributed by atoms with van der Waals surface area (Å²) in [5.74, 6) is -0.410. The SMILES string of the molecule is O=C(COc1ccc(Cl)cc1Cl)NNc1ncnc(Nc2ccc(Br)cn2)c1[N+](=O)[O-]. The van der Waals surface area contributed by atoms with E-state index in [0.29, 0.717) is 10.8 Å². The topological polar surface area (TPSA) is 144 Å². The van der Waals surface area contributed by atoms with Crippen molar-refractivity contribution in [2.45, 2.75) is 0 Å². The molecule has 0 aliphatic rings. The molecule has 1 amide bonds. The predicted octanol–water partition coefficient (Wildman–Crippen LogP) is 4.11. The van der Waals surface area contributed by atoms with Gasteiger partial charge in [0.1, 0.15) is 17.9 Å². The lowest BCUT2D eigenvalue weighted by Crippen LogP contribution is -2.34. The molecule has 3 aromatic rings. The number of amides is 1. The Morgan fingerprint density at radius 3 is 2.61 bits per heavy atom. The van der Waals surface area contributed by atoms with Gasteiger partial charge in [0.15, 0.2) is 6.61 Å². The van der Waals surface area contributed by atoms with Gasteiger partial charge < -0.3 is 10.1 Å². The molecule has 0 bridgehead atoms. The summed E-state index contributed by atoms with van der Waals surface area (Å²) in [5, 5.41) is 15.0. The van der Waals surface area contributed by atoms with Crippen LogP contribution in [-0.2, 0) is 4.79 Å². The van der Waals surface area contributed by atoms with E-state index in [4.69, 9.17) is 27.9 Å². The number of nitrogens with zero attached hydrogens (tertiary/aromatic N) is 4. The molecular weight excluding hydrogens is 517 g/mol. The van der Waals surface area contributed by atoms with Gasteiger partial charge in [-0.15, -0.1) is 0 Å². The summed E-state index contributed by atoms with van der Waals surface area (Å²) in [4.78, 5) is 34.7. The van der Waals surface area contributed by atoms with E-state index < -0.39 is 23.1 Å². The molecule has 14 heteroatoms. The third kappa shape index (κ3) is 6.13. The average molecular weight is 529 g/mol. The molecule has 0 unspecified atom stereocenters. The molecule has 2 aromatic heterocycles. The van der Waals surface area contributed by atoms with Crippen LogP contribution in [0.1, 0.15) is 0 Å². The largest absolute Gasteiger partial charge is 0.482 e. The molecule has 11 nitrogen and oxygen atoms in total. The Kier molecular flexibility index (Phi) is 7.39. The van der Waals surface area contributed by atoms with E-state index >= 15 is 0 Å². The monoisotopic (exact) mass is 527 g/mol. The van der Waals surface area contributed by atoms with Crippen molar-refractivity contribution in [1.29, 1.82) is 0 Å². The molecule has 0 atom stereocenters. The Morgan fingerprint density at radius 2 is 1.94 bits per heavy atom. The molecule has 0 radical (unpaired) electrons. The van der Waals surface area contributed by atoms with Crippen molar-refractivity contribution in [3.8, 4) is 5.75 Å². The zero-order chi connectivity index (χ0) is 22.4. The van der Waals surface area contributed by atoms with Crippen LogP contribution in [0.3, 0.4) is 0 Å². The molecule has 0 saturated heterocycles. The van der Waals surface area contributed by atoms with Crippen LogP contribution in [0, 0.1) is 10.1 Å². The highest BCUT2D eigenvalue weighted by Crippen LogP contribution is 2.30. The van der Waals surface area contributed by atoms with Gasteiger partial charge in [0.2, 0.25) is 11.6 Å². The second kappa shape index (κ2) is 10.2. The van der Waals surface area contributed by atoms with Crippen LogP contribution in [0.25, 0.3) is 0 Å². The number of carbonyl (C=O) groups is 1. The maximum absolute atomic E-state index is 12.0. The number of rotatable bonds is 8. The van der Waals surface area contributed by atoms with Crippen LogP contribution in [0.5, 0.6) is 5.75 Å². The third-order valence-electron chi connectivity index (χ3n) is 3.55. The van der Waals surface area contributed by atoms with Crippen molar-refractivity contribution in [1.82, 2.24) is 20.4 Å². The Labute approximate surface area is 193 Å². The number of pyridine rings is 1. The molecule has 3 rings (SSSR count). The molecular formula is C17H12BrCl2N7O4. The van der Waals surface area contributed by atoms with Gasteiger partial charge in [0.25, 0.3) is 5.91 Å². The third-order valence-corrected chi connectivity index (χ3v) is 4.55. The maximum atomic E-state index is 12.0. The van der Waals surface area contributed by atoms with Crippen molar-refractivity contribution in [3.05, 3.63) is 67.5 Å². The highest BCUT2D eigenvalue weighted by atomic mass is 79.9. The second-order valence-corrected chi connectivity index (χ2v) is 7.46. The van der Waals surface area contributed by atoms with E-state index in [1.54, 1.807) is 18.2 Å². The van der Waals surface area contributed by atoms with Gasteiger partial charge in [-0.05, 0) is 46.3 Å². The maximum Gasteiger partial charge on any atom is 0.355 e. The highest BCUT2D eigenvalue weighted by molar-refractivity contribution is 9.10. The first-order valence-corrected chi connectivity index (χ1v) is 9.89. The summed E-state index contributed by atoms with van der Waals surface area (Å²) in [6.45, 7) is -0.416. The van der Waals surface area contributed by atoms with E-state index in [-0.39, 0.29) is 22.4 Å². The first kappa shape index (κ1) is 22.5. The normalized spacial score (nSPS) is 10.3. The number of aromatic nitrogens is 3. The number of nitro groups is 1. The molecule has 0 saturated carbocycles. The Hall–Kier alpha value is -3.22. The standard InChI is InChI=1S/C17H12BrCl2N7O4/c18-9-1-4-13(21-6-9)24-16-15(27(29)30)17(23-8-22-16)26-25-14(28)7-31-12-3-2-10(19)5-11(12)20/h1-6,8H,7H2,(H,25,28)(H2,21,22,23,24,26). The number of nitrogens with one attached hydrogen (secondary N) is 3. The number of anilines is 3. The average Bonchev–Trinajstić information content (AvgIpc) is 2.73. The summed E-state index contributed by atoms with van der Waals surface area (Å²) in [6, 6.07) is 7.83. The zero-order valence-electron chi connectivity index (χ0n) is 15.3. The molecule has 0 spiro atoms. The lowest BCUT2D eigenvalue weighted by Gasteiger charge is -2.11. The Morgan fingerprint density at radius 1 is 1.16 bits per heavy atom. The van der Waals surface area contributed by atoms with Crippen molar-refractivity contribution < 1.29 is 14.5 Å². The fraction of sp³-hybridized carbons (Fsp3) is 0.0588. The molecule has 1 aromatic carbocycles. The number of benzene rings is 1. The van der Waals surface area contributed by atoms with Crippen LogP contribution >= 0.6 is 39.1 Å². The predicted molar refractivity (Wildman–Crippen MR) is 118 cm³/mol. The number of hydrogen-bond acceptors (Lipinski definition) is 9. The summed E-state index contributed by atoms with van der Waals surface area (Å²) in [5.41, 5.74) is 4.17. The molecule has 160 valence electrons. The quantitative estimate of drug-likeness (QED) is 0.290. The summed E-state index contributed by atoms with van der Waals surface area (Å²) < 4.78 is 6.04. The molecule has 3 N–H and O–H groups in total. The fourth-order valence-corrected chi connectivity index (χ4v) is 2.90. The van der Waals surface area contributed by atoms with Gasteiger partial charge in [0.05, 0.1) is 9.95 Å². The van der Waals surface area contributed by atoms with Crippen LogP contribution in [0.2, 0.25) is 10.0 Å². The van der Waals surface area contributed by atoms with E-state index in [2.05, 4.69) is 47.1 Å². The Bertz CT molecular complexity index is 1120. The van der Waals surface area contributed by atoms with E-state index in [1.165, 1.54) is 18.3 Å². The van der Waals surface area contributed by atoms with E-state index in [1.807, 2.05) is 0 Å². The van der Waals surface area contributed by atoms with Crippen molar-refractivity contribution in [2.24, 2.45) is 0 Å². The summed E-state index contributed by atoms with van der Waals surface area (Å²) in [7, 11) is 0. The first-order chi connectivity index (χ1) is 14.8. The van der Waals surface area contributed by atoms with E-state index in [9.17, 15) is 14.9 Å². The molecule has 0 aliphatic carbocycles. The zero-order valence-corrected chi connectivity index (χ0v) is 18.4. The summed E-state index contributed by atoms with van der Waals surface area (Å²) >= 11 is 15.0. The number of hydrogen-bond donors (Lipinski definition) is 3. The number of halogens is 3. The smallest absolute Gasteiger partial charge is 0.355 e.